The van der Waals surface area contributed by atoms with E-state index in [0.29, 0.717) is 11.3 Å². The number of rotatable bonds is 5. The molecular formula is C19H22N2O3S2. The molecule has 0 spiro atoms. The highest BCUT2D eigenvalue weighted by atomic mass is 32.2. The second kappa shape index (κ2) is 7.32. The van der Waals surface area contributed by atoms with Crippen LogP contribution in [0.2, 0.25) is 0 Å². The van der Waals surface area contributed by atoms with Crippen molar-refractivity contribution >= 4 is 39.1 Å². The highest BCUT2D eigenvalue weighted by Crippen LogP contribution is 2.36. The maximum absolute atomic E-state index is 12.5. The quantitative estimate of drug-likeness (QED) is 0.808. The van der Waals surface area contributed by atoms with Crippen molar-refractivity contribution in [3.05, 3.63) is 53.1 Å². The number of fused-ring (bicyclic) bond motifs is 1. The summed E-state index contributed by atoms with van der Waals surface area (Å²) in [5.41, 5.74) is 4.17. The second-order valence-corrected chi connectivity index (χ2v) is 9.95. The normalized spacial score (nSPS) is 13.5. The number of anilines is 2. The Labute approximate surface area is 158 Å². The molecule has 0 saturated carbocycles. The molecule has 2 N–H and O–H groups in total. The summed E-state index contributed by atoms with van der Waals surface area (Å²) >= 11 is 1.86. The minimum absolute atomic E-state index is 0.215. The third-order valence-corrected chi connectivity index (χ3v) is 7.30. The van der Waals surface area contributed by atoms with Crippen molar-refractivity contribution in [1.82, 2.24) is 0 Å². The van der Waals surface area contributed by atoms with E-state index >= 15 is 0 Å². The number of nitrogens with one attached hydrogen (secondary N) is 2. The molecule has 0 radical (unpaired) electrons. The summed E-state index contributed by atoms with van der Waals surface area (Å²) in [5.74, 6) is 0.870. The lowest BCUT2D eigenvalue weighted by atomic mass is 10.1. The van der Waals surface area contributed by atoms with Crippen molar-refractivity contribution in [2.24, 2.45) is 0 Å². The largest absolute Gasteiger partial charge is 0.322 e. The molecule has 1 aliphatic heterocycles. The summed E-state index contributed by atoms with van der Waals surface area (Å²) in [6.45, 7) is 5.28. The van der Waals surface area contributed by atoms with Crippen LogP contribution in [0.3, 0.4) is 0 Å². The number of amides is 1. The molecule has 2 aromatic carbocycles. The summed E-state index contributed by atoms with van der Waals surface area (Å²) in [6, 6.07) is 10.4. The van der Waals surface area contributed by atoms with Crippen LogP contribution in [0, 0.1) is 6.92 Å². The van der Waals surface area contributed by atoms with Gasteiger partial charge < -0.3 is 5.32 Å². The van der Waals surface area contributed by atoms with Crippen molar-refractivity contribution in [3.63, 3.8) is 0 Å². The van der Waals surface area contributed by atoms with Crippen LogP contribution in [-0.2, 0) is 16.4 Å². The van der Waals surface area contributed by atoms with Crippen molar-refractivity contribution < 1.29 is 13.2 Å². The lowest BCUT2D eigenvalue weighted by Gasteiger charge is -2.12. The van der Waals surface area contributed by atoms with Gasteiger partial charge in [-0.1, -0.05) is 0 Å². The molecule has 1 amide bonds. The van der Waals surface area contributed by atoms with Crippen molar-refractivity contribution in [2.45, 2.75) is 37.3 Å². The van der Waals surface area contributed by atoms with E-state index in [1.807, 2.05) is 23.9 Å². The van der Waals surface area contributed by atoms with Crippen LogP contribution in [0.4, 0.5) is 11.4 Å². The first-order valence-corrected chi connectivity index (χ1v) is 11.0. The van der Waals surface area contributed by atoms with E-state index in [-0.39, 0.29) is 5.91 Å². The van der Waals surface area contributed by atoms with E-state index in [9.17, 15) is 13.2 Å². The highest BCUT2D eigenvalue weighted by molar-refractivity contribution is 7.99. The van der Waals surface area contributed by atoms with E-state index in [2.05, 4.69) is 17.0 Å². The highest BCUT2D eigenvalue weighted by Gasteiger charge is 2.17. The molecule has 0 aromatic heterocycles. The van der Waals surface area contributed by atoms with E-state index in [0.717, 1.165) is 17.9 Å². The number of carbonyl (C=O) groups excluding carboxylic acids is 1. The SMILES string of the molecule is Cc1cc(NC(=O)c2ccc(NS(=O)(=O)C(C)C)cc2)cc2c1SCC2. The summed E-state index contributed by atoms with van der Waals surface area (Å²) in [6.07, 6.45) is 1.02. The Balaban J connectivity index is 1.72. The number of benzene rings is 2. The molecule has 0 aliphatic carbocycles. The van der Waals surface area contributed by atoms with Gasteiger partial charge in [0.25, 0.3) is 5.91 Å². The van der Waals surface area contributed by atoms with Crippen molar-refractivity contribution in [3.8, 4) is 0 Å². The zero-order valence-electron chi connectivity index (χ0n) is 15.0. The van der Waals surface area contributed by atoms with E-state index in [4.69, 9.17) is 0 Å². The number of sulfonamides is 1. The topological polar surface area (TPSA) is 75.3 Å². The van der Waals surface area contributed by atoms with E-state index < -0.39 is 15.3 Å². The van der Waals surface area contributed by atoms with Gasteiger partial charge in [0.2, 0.25) is 10.0 Å². The van der Waals surface area contributed by atoms with Crippen molar-refractivity contribution in [2.75, 3.05) is 15.8 Å². The van der Waals surface area contributed by atoms with Crippen LogP contribution in [0.15, 0.2) is 41.3 Å². The number of hydrogen-bond acceptors (Lipinski definition) is 4. The zero-order valence-corrected chi connectivity index (χ0v) is 16.6. The molecule has 3 rings (SSSR count). The summed E-state index contributed by atoms with van der Waals surface area (Å²) in [5, 5.41) is 2.41. The predicted molar refractivity (Wildman–Crippen MR) is 108 cm³/mol. The van der Waals surface area contributed by atoms with Crippen LogP contribution >= 0.6 is 11.8 Å². The number of carbonyl (C=O) groups is 1. The Morgan fingerprint density at radius 3 is 2.46 bits per heavy atom. The van der Waals surface area contributed by atoms with Crippen LogP contribution in [-0.4, -0.2) is 25.3 Å². The molecule has 5 nitrogen and oxygen atoms in total. The van der Waals surface area contributed by atoms with Crippen LogP contribution in [0.5, 0.6) is 0 Å². The van der Waals surface area contributed by atoms with Gasteiger partial charge in [0, 0.05) is 27.6 Å². The van der Waals surface area contributed by atoms with Gasteiger partial charge >= 0.3 is 0 Å². The predicted octanol–water partition coefficient (Wildman–Crippen LogP) is 4.05. The van der Waals surface area contributed by atoms with Crippen LogP contribution < -0.4 is 10.0 Å². The van der Waals surface area contributed by atoms with Crippen LogP contribution in [0.1, 0.15) is 35.3 Å². The van der Waals surface area contributed by atoms with Gasteiger partial charge in [0.05, 0.1) is 5.25 Å². The Kier molecular flexibility index (Phi) is 5.29. The fourth-order valence-electron chi connectivity index (χ4n) is 2.75. The molecule has 26 heavy (non-hydrogen) atoms. The molecule has 0 atom stereocenters. The van der Waals surface area contributed by atoms with Gasteiger partial charge in [0.1, 0.15) is 0 Å². The van der Waals surface area contributed by atoms with Gasteiger partial charge in [-0.05, 0) is 74.7 Å². The average molecular weight is 391 g/mol. The summed E-state index contributed by atoms with van der Waals surface area (Å²) in [7, 11) is -3.40. The first-order valence-electron chi connectivity index (χ1n) is 8.45. The molecule has 7 heteroatoms. The van der Waals surface area contributed by atoms with Crippen molar-refractivity contribution in [1.29, 1.82) is 0 Å². The van der Waals surface area contributed by atoms with Gasteiger partial charge in [-0.25, -0.2) is 8.42 Å². The molecule has 1 aliphatic rings. The van der Waals surface area contributed by atoms with Gasteiger partial charge in [-0.15, -0.1) is 11.8 Å². The first kappa shape index (κ1) is 18.8. The Bertz CT molecular complexity index is 936. The lowest BCUT2D eigenvalue weighted by molar-refractivity contribution is 0.102. The number of hydrogen-bond donors (Lipinski definition) is 2. The molecule has 1 heterocycles. The Morgan fingerprint density at radius 2 is 1.81 bits per heavy atom. The Hall–Kier alpha value is -1.99. The fraction of sp³-hybridized carbons (Fsp3) is 0.316. The number of thioether (sulfide) groups is 1. The number of aryl methyl sites for hydroxylation is 2. The molecule has 2 aromatic rings. The third-order valence-electron chi connectivity index (χ3n) is 4.26. The molecule has 138 valence electrons. The minimum Gasteiger partial charge on any atom is -0.322 e. The first-order chi connectivity index (χ1) is 12.3. The standard InChI is InChI=1S/C19H22N2O3S2/c1-12(2)26(23,24)21-16-6-4-14(5-7-16)19(22)20-17-10-13(3)18-15(11-17)8-9-25-18/h4-7,10-12,21H,8-9H2,1-3H3,(H,20,22). The molecule has 0 bridgehead atoms. The molecule has 0 unspecified atom stereocenters. The van der Waals surface area contributed by atoms with E-state index in [1.165, 1.54) is 16.0 Å². The monoisotopic (exact) mass is 390 g/mol. The van der Waals surface area contributed by atoms with Gasteiger partial charge in [0.15, 0.2) is 0 Å². The average Bonchev–Trinajstić information content (AvgIpc) is 3.04. The third kappa shape index (κ3) is 4.04. The molecular weight excluding hydrogens is 368 g/mol. The Morgan fingerprint density at radius 1 is 1.12 bits per heavy atom. The fourth-order valence-corrected chi connectivity index (χ4v) is 4.61. The second-order valence-electron chi connectivity index (χ2n) is 6.61. The lowest BCUT2D eigenvalue weighted by Crippen LogP contribution is -2.22. The maximum Gasteiger partial charge on any atom is 0.255 e. The van der Waals surface area contributed by atoms with Crippen LogP contribution in [0.25, 0.3) is 0 Å². The van der Waals surface area contributed by atoms with E-state index in [1.54, 1.807) is 38.1 Å². The molecule has 0 fully saturated rings. The smallest absolute Gasteiger partial charge is 0.255 e. The minimum atomic E-state index is -3.40. The van der Waals surface area contributed by atoms with Gasteiger partial charge in [-0.2, -0.15) is 0 Å². The van der Waals surface area contributed by atoms with Gasteiger partial charge in [-0.3, -0.25) is 9.52 Å². The summed E-state index contributed by atoms with van der Waals surface area (Å²) < 4.78 is 26.3. The summed E-state index contributed by atoms with van der Waals surface area (Å²) in [4.78, 5) is 13.8. The maximum atomic E-state index is 12.5. The molecule has 0 saturated heterocycles. The zero-order chi connectivity index (χ0) is 18.9.